The van der Waals surface area contributed by atoms with Gasteiger partial charge in [0.15, 0.2) is 0 Å². The zero-order valence-electron chi connectivity index (χ0n) is 18.6. The smallest absolute Gasteiger partial charge is 0.145 e. The molecule has 162 valence electrons. The highest BCUT2D eigenvalue weighted by molar-refractivity contribution is 5.82. The van der Waals surface area contributed by atoms with Gasteiger partial charge in [-0.3, -0.25) is 9.78 Å². The first kappa shape index (κ1) is 21.7. The van der Waals surface area contributed by atoms with Gasteiger partial charge in [0.25, 0.3) is 0 Å². The minimum absolute atomic E-state index is 0.0621. The third kappa shape index (κ3) is 4.87. The second kappa shape index (κ2) is 9.30. The fourth-order valence-corrected chi connectivity index (χ4v) is 5.31. The summed E-state index contributed by atoms with van der Waals surface area (Å²) in [7, 11) is 0. The molecule has 1 aromatic carbocycles. The number of halogens is 1. The van der Waals surface area contributed by atoms with Crippen molar-refractivity contribution in [3.63, 3.8) is 0 Å². The first-order chi connectivity index (χ1) is 14.9. The van der Waals surface area contributed by atoms with Gasteiger partial charge in [0.1, 0.15) is 17.3 Å². The molecule has 4 rings (SSSR count). The molecule has 0 amide bonds. The van der Waals surface area contributed by atoms with Crippen LogP contribution in [0, 0.1) is 23.7 Å². The normalized spacial score (nSPS) is 25.8. The van der Waals surface area contributed by atoms with Gasteiger partial charge in [0.2, 0.25) is 0 Å². The van der Waals surface area contributed by atoms with Crippen LogP contribution in [0.15, 0.2) is 60.8 Å². The quantitative estimate of drug-likeness (QED) is 0.481. The number of rotatable bonds is 5. The summed E-state index contributed by atoms with van der Waals surface area (Å²) < 4.78 is 15.0. The molecule has 1 heterocycles. The van der Waals surface area contributed by atoms with Gasteiger partial charge in [-0.15, -0.1) is 0 Å². The average Bonchev–Trinajstić information content (AvgIpc) is 2.92. The molecule has 2 aliphatic rings. The number of aromatic nitrogens is 1. The summed E-state index contributed by atoms with van der Waals surface area (Å²) in [5.41, 5.74) is 4.68. The number of hydrogen-bond donors (Lipinski definition) is 0. The van der Waals surface area contributed by atoms with E-state index in [1.807, 2.05) is 30.3 Å². The highest BCUT2D eigenvalue weighted by Crippen LogP contribution is 2.39. The second-order valence-corrected chi connectivity index (χ2v) is 9.52. The molecule has 2 nitrogen and oxygen atoms in total. The number of Topliss-reactive ketones (excluding diaryl/α,β-unsaturated/α-hetero) is 1. The Balaban J connectivity index is 1.44. The number of ketones is 1. The first-order valence-corrected chi connectivity index (χ1v) is 11.5. The highest BCUT2D eigenvalue weighted by Gasteiger charge is 2.33. The lowest BCUT2D eigenvalue weighted by molar-refractivity contribution is -0.126. The van der Waals surface area contributed by atoms with Gasteiger partial charge >= 0.3 is 0 Å². The molecule has 0 spiro atoms. The largest absolute Gasteiger partial charge is 0.299 e. The molecule has 4 atom stereocenters. The molecule has 0 aliphatic heterocycles. The van der Waals surface area contributed by atoms with Gasteiger partial charge in [-0.1, -0.05) is 49.4 Å². The Morgan fingerprint density at radius 1 is 1.16 bits per heavy atom. The SMILES string of the molecule is C=C(C)C1CCC(C(=O)CC2C=C(F)c3ncc(-c4ccccc4)cc3CC2)C(C)C1. The number of aryl methyl sites for hydroxylation is 1. The van der Waals surface area contributed by atoms with Crippen LogP contribution in [-0.4, -0.2) is 10.8 Å². The van der Waals surface area contributed by atoms with Crippen LogP contribution in [0.3, 0.4) is 0 Å². The van der Waals surface area contributed by atoms with E-state index >= 15 is 4.39 Å². The summed E-state index contributed by atoms with van der Waals surface area (Å²) in [6, 6.07) is 12.1. The van der Waals surface area contributed by atoms with Crippen LogP contribution < -0.4 is 0 Å². The molecule has 4 unspecified atom stereocenters. The molecule has 0 radical (unpaired) electrons. The van der Waals surface area contributed by atoms with E-state index in [4.69, 9.17) is 0 Å². The molecule has 2 aromatic rings. The van der Waals surface area contributed by atoms with Crippen LogP contribution in [-0.2, 0) is 11.2 Å². The molecule has 1 fully saturated rings. The van der Waals surface area contributed by atoms with Gasteiger partial charge in [-0.25, -0.2) is 4.39 Å². The van der Waals surface area contributed by atoms with Gasteiger partial charge in [0, 0.05) is 24.1 Å². The summed E-state index contributed by atoms with van der Waals surface area (Å²) in [6.45, 7) is 8.38. The summed E-state index contributed by atoms with van der Waals surface area (Å²) in [6.07, 6.45) is 8.35. The van der Waals surface area contributed by atoms with Crippen molar-refractivity contribution in [3.8, 4) is 11.1 Å². The van der Waals surface area contributed by atoms with Gasteiger partial charge in [-0.2, -0.15) is 0 Å². The van der Waals surface area contributed by atoms with Crippen LogP contribution in [0.1, 0.15) is 57.2 Å². The van der Waals surface area contributed by atoms with Gasteiger partial charge in [0.05, 0.1) is 0 Å². The third-order valence-corrected chi connectivity index (χ3v) is 7.21. The lowest BCUT2D eigenvalue weighted by Crippen LogP contribution is -2.30. The van der Waals surface area contributed by atoms with Crippen molar-refractivity contribution in [1.29, 1.82) is 0 Å². The zero-order valence-corrected chi connectivity index (χ0v) is 18.6. The van der Waals surface area contributed by atoms with E-state index in [-0.39, 0.29) is 17.7 Å². The Morgan fingerprint density at radius 3 is 2.65 bits per heavy atom. The van der Waals surface area contributed by atoms with Crippen molar-refractivity contribution < 1.29 is 9.18 Å². The summed E-state index contributed by atoms with van der Waals surface area (Å²) in [4.78, 5) is 17.5. The Hall–Kier alpha value is -2.55. The zero-order chi connectivity index (χ0) is 22.0. The average molecular weight is 418 g/mol. The minimum atomic E-state index is -0.288. The monoisotopic (exact) mass is 417 g/mol. The molecule has 0 bridgehead atoms. The minimum Gasteiger partial charge on any atom is -0.299 e. The lowest BCUT2D eigenvalue weighted by Gasteiger charge is -2.34. The van der Waals surface area contributed by atoms with Crippen LogP contribution in [0.2, 0.25) is 0 Å². The topological polar surface area (TPSA) is 30.0 Å². The summed E-state index contributed by atoms with van der Waals surface area (Å²) in [5, 5.41) is 0. The number of carbonyl (C=O) groups excluding carboxylic acids is 1. The molecule has 3 heteroatoms. The van der Waals surface area contributed by atoms with E-state index in [1.54, 1.807) is 12.3 Å². The maximum absolute atomic E-state index is 15.0. The Labute approximate surface area is 185 Å². The van der Waals surface area contributed by atoms with Crippen LogP contribution in [0.4, 0.5) is 4.39 Å². The Bertz CT molecular complexity index is 993. The number of carbonyl (C=O) groups is 1. The number of nitrogens with zero attached hydrogens (tertiary/aromatic N) is 1. The summed E-state index contributed by atoms with van der Waals surface area (Å²) in [5.74, 6) is 0.950. The molecular weight excluding hydrogens is 385 g/mol. The van der Waals surface area contributed by atoms with Crippen LogP contribution in [0.25, 0.3) is 17.0 Å². The van der Waals surface area contributed by atoms with Crippen LogP contribution >= 0.6 is 0 Å². The second-order valence-electron chi connectivity index (χ2n) is 9.52. The Morgan fingerprint density at radius 2 is 1.94 bits per heavy atom. The van der Waals surface area contributed by atoms with Crippen molar-refractivity contribution in [2.45, 2.75) is 52.4 Å². The molecule has 0 N–H and O–H groups in total. The highest BCUT2D eigenvalue weighted by atomic mass is 19.1. The van der Waals surface area contributed by atoms with Crippen molar-refractivity contribution in [2.24, 2.45) is 23.7 Å². The van der Waals surface area contributed by atoms with Crippen molar-refractivity contribution in [2.75, 3.05) is 0 Å². The van der Waals surface area contributed by atoms with Gasteiger partial charge in [-0.05, 0) is 80.1 Å². The number of hydrogen-bond acceptors (Lipinski definition) is 2. The van der Waals surface area contributed by atoms with Crippen molar-refractivity contribution >= 4 is 11.6 Å². The third-order valence-electron chi connectivity index (χ3n) is 7.21. The van der Waals surface area contributed by atoms with E-state index < -0.39 is 0 Å². The Kier molecular flexibility index (Phi) is 6.50. The maximum Gasteiger partial charge on any atom is 0.145 e. The summed E-state index contributed by atoms with van der Waals surface area (Å²) >= 11 is 0. The van der Waals surface area contributed by atoms with Gasteiger partial charge < -0.3 is 0 Å². The molecular formula is C28H32FNO. The van der Waals surface area contributed by atoms with E-state index in [1.165, 1.54) is 5.57 Å². The molecule has 1 aromatic heterocycles. The molecule has 1 saturated carbocycles. The molecule has 2 aliphatic carbocycles. The predicted molar refractivity (Wildman–Crippen MR) is 125 cm³/mol. The van der Waals surface area contributed by atoms with Crippen molar-refractivity contribution in [1.82, 2.24) is 4.98 Å². The van der Waals surface area contributed by atoms with Crippen molar-refractivity contribution in [3.05, 3.63) is 72.1 Å². The predicted octanol–water partition coefficient (Wildman–Crippen LogP) is 7.21. The first-order valence-electron chi connectivity index (χ1n) is 11.5. The van der Waals surface area contributed by atoms with E-state index in [9.17, 15) is 4.79 Å². The fourth-order valence-electron chi connectivity index (χ4n) is 5.31. The van der Waals surface area contributed by atoms with Crippen LogP contribution in [0.5, 0.6) is 0 Å². The maximum atomic E-state index is 15.0. The fraction of sp³-hybridized carbons (Fsp3) is 0.429. The number of fused-ring (bicyclic) bond motifs is 1. The molecule has 31 heavy (non-hydrogen) atoms. The lowest BCUT2D eigenvalue weighted by atomic mass is 9.70. The molecule has 0 saturated heterocycles. The van der Waals surface area contributed by atoms with E-state index in [0.29, 0.717) is 29.7 Å². The van der Waals surface area contributed by atoms with E-state index in [2.05, 4.69) is 31.5 Å². The number of benzene rings is 1. The number of allylic oxidation sites excluding steroid dienone is 2. The standard InChI is InChI=1S/C28H32FNO/c1-18(2)22-11-12-25(19(3)13-22)27(31)15-20-9-10-23-16-24(21-7-5-4-6-8-21)17-30-28(23)26(29)14-20/h4-8,14,16-17,19-20,22,25H,1,9-13,15H2,2-3H3. The number of pyridine rings is 1. The van der Waals surface area contributed by atoms with E-state index in [0.717, 1.165) is 48.8 Å².